The monoisotopic (exact) mass is 420 g/mol. The number of carbonyl (C=O) groups is 4. The van der Waals surface area contributed by atoms with Crippen molar-refractivity contribution in [1.82, 2.24) is 0 Å². The largest absolute Gasteiger partial charge is 0.478 e. The third kappa shape index (κ3) is 4.16. The fourth-order valence-corrected chi connectivity index (χ4v) is 2.30. The van der Waals surface area contributed by atoms with Gasteiger partial charge in [0, 0.05) is 6.07 Å². The molecule has 30 heavy (non-hydrogen) atoms. The van der Waals surface area contributed by atoms with E-state index < -0.39 is 73.1 Å². The predicted octanol–water partition coefficient (Wildman–Crippen LogP) is 1.82. The third-order valence-corrected chi connectivity index (χ3v) is 3.62. The lowest BCUT2D eigenvalue weighted by Crippen LogP contribution is -2.19. The number of nitrogens with zero attached hydrogens (tertiary/aromatic N) is 2. The zero-order chi connectivity index (χ0) is 22.7. The van der Waals surface area contributed by atoms with Crippen molar-refractivity contribution in [2.24, 2.45) is 0 Å². The lowest BCUT2D eigenvalue weighted by molar-refractivity contribution is -0.394. The average molecular weight is 420 g/mol. The van der Waals surface area contributed by atoms with Gasteiger partial charge in [-0.25, -0.2) is 19.2 Å². The van der Waals surface area contributed by atoms with Crippen LogP contribution in [0.4, 0.5) is 11.4 Å². The number of hydrogen-bond donors (Lipinski definition) is 3. The van der Waals surface area contributed by atoms with Gasteiger partial charge in [-0.15, -0.1) is 0 Å². The number of carbonyl (C=O) groups excluding carboxylic acids is 1. The first-order chi connectivity index (χ1) is 13.9. The van der Waals surface area contributed by atoms with E-state index in [0.717, 1.165) is 12.1 Å². The maximum Gasteiger partial charge on any atom is 0.344 e. The minimum atomic E-state index is -1.81. The predicted molar refractivity (Wildman–Crippen MR) is 92.0 cm³/mol. The lowest BCUT2D eigenvalue weighted by atomic mass is 9.98. The van der Waals surface area contributed by atoms with Gasteiger partial charge in [0.2, 0.25) is 5.75 Å². The molecule has 0 radical (unpaired) electrons. The number of ether oxygens (including phenoxy) is 1. The van der Waals surface area contributed by atoms with Crippen LogP contribution in [0.15, 0.2) is 30.3 Å². The maximum atomic E-state index is 12.4. The molecule has 14 nitrogen and oxygen atoms in total. The summed E-state index contributed by atoms with van der Waals surface area (Å²) in [6.07, 6.45) is 0. The van der Waals surface area contributed by atoms with Crippen molar-refractivity contribution in [3.8, 4) is 5.75 Å². The highest BCUT2D eigenvalue weighted by molar-refractivity contribution is 6.09. The molecule has 2 rings (SSSR count). The molecule has 0 aliphatic heterocycles. The maximum absolute atomic E-state index is 12.4. The van der Waals surface area contributed by atoms with E-state index in [1.165, 1.54) is 0 Å². The van der Waals surface area contributed by atoms with Gasteiger partial charge in [-0.1, -0.05) is 0 Å². The fourth-order valence-electron chi connectivity index (χ4n) is 2.30. The Labute approximate surface area is 163 Å². The standard InChI is InChI=1S/C16H8N2O12/c19-13(20)7-4-9(15(23)24)10(5-8(7)14(21)22)16(25)30-12-2-1-6(17(26)27)3-11(12)18(28)29/h1-5H,(H,19,20)(H,21,22)(H,23,24). The number of benzene rings is 2. The molecule has 154 valence electrons. The molecule has 0 amide bonds. The Morgan fingerprint density at radius 2 is 1.20 bits per heavy atom. The van der Waals surface area contributed by atoms with Crippen molar-refractivity contribution in [2.45, 2.75) is 0 Å². The van der Waals surface area contributed by atoms with Crippen LogP contribution in [-0.4, -0.2) is 49.0 Å². The quantitative estimate of drug-likeness (QED) is 0.252. The van der Waals surface area contributed by atoms with Gasteiger partial charge in [0.25, 0.3) is 5.69 Å². The molecule has 0 bridgehead atoms. The van der Waals surface area contributed by atoms with E-state index in [4.69, 9.17) is 14.9 Å². The summed E-state index contributed by atoms with van der Waals surface area (Å²) in [5.74, 6) is -7.73. The molecule has 0 saturated carbocycles. The molecule has 2 aromatic rings. The molecular weight excluding hydrogens is 412 g/mol. The van der Waals surface area contributed by atoms with E-state index in [9.17, 15) is 44.5 Å². The van der Waals surface area contributed by atoms with Gasteiger partial charge in [-0.3, -0.25) is 20.2 Å². The van der Waals surface area contributed by atoms with Crippen LogP contribution in [0.2, 0.25) is 0 Å². The normalized spacial score (nSPS) is 10.1. The molecule has 0 aliphatic rings. The van der Waals surface area contributed by atoms with Crippen molar-refractivity contribution < 1.29 is 49.1 Å². The Bertz CT molecular complexity index is 1140. The summed E-state index contributed by atoms with van der Waals surface area (Å²) >= 11 is 0. The Hall–Kier alpha value is -4.88. The highest BCUT2D eigenvalue weighted by Crippen LogP contribution is 2.32. The molecule has 0 heterocycles. The molecule has 0 atom stereocenters. The molecule has 0 unspecified atom stereocenters. The number of rotatable bonds is 7. The SMILES string of the molecule is O=C(O)c1cc(C(=O)O)c(C(=O)Oc2ccc([N+](=O)[O-])cc2[N+](=O)[O-])cc1C(=O)O. The van der Waals surface area contributed by atoms with Crippen molar-refractivity contribution in [2.75, 3.05) is 0 Å². The molecule has 0 spiro atoms. The number of aromatic carboxylic acids is 3. The Morgan fingerprint density at radius 3 is 1.63 bits per heavy atom. The van der Waals surface area contributed by atoms with E-state index in [1.54, 1.807) is 0 Å². The molecule has 0 fully saturated rings. The van der Waals surface area contributed by atoms with E-state index in [2.05, 4.69) is 0 Å². The van der Waals surface area contributed by atoms with E-state index in [-0.39, 0.29) is 0 Å². The molecule has 3 N–H and O–H groups in total. The minimum Gasteiger partial charge on any atom is -0.478 e. The van der Waals surface area contributed by atoms with Crippen LogP contribution in [0.25, 0.3) is 0 Å². The first-order valence-corrected chi connectivity index (χ1v) is 7.47. The van der Waals surface area contributed by atoms with Crippen molar-refractivity contribution in [3.05, 3.63) is 72.8 Å². The van der Waals surface area contributed by atoms with Crippen LogP contribution < -0.4 is 4.74 Å². The van der Waals surface area contributed by atoms with Crippen LogP contribution in [0.1, 0.15) is 41.4 Å². The first kappa shape index (κ1) is 21.4. The molecule has 2 aromatic carbocycles. The van der Waals surface area contributed by atoms with Gasteiger partial charge in [0.1, 0.15) is 0 Å². The summed E-state index contributed by atoms with van der Waals surface area (Å²) in [4.78, 5) is 66.1. The molecule has 0 aliphatic carbocycles. The summed E-state index contributed by atoms with van der Waals surface area (Å²) in [6.45, 7) is 0. The van der Waals surface area contributed by atoms with Crippen molar-refractivity contribution >= 4 is 35.3 Å². The summed E-state index contributed by atoms with van der Waals surface area (Å²) in [7, 11) is 0. The van der Waals surface area contributed by atoms with Crippen LogP contribution in [0.5, 0.6) is 5.75 Å². The lowest BCUT2D eigenvalue weighted by Gasteiger charge is -2.10. The topological polar surface area (TPSA) is 224 Å². The van der Waals surface area contributed by atoms with Gasteiger partial charge >= 0.3 is 29.6 Å². The van der Waals surface area contributed by atoms with E-state index in [1.807, 2.05) is 0 Å². The second kappa shape index (κ2) is 8.01. The number of hydrogen-bond acceptors (Lipinski definition) is 9. The smallest absolute Gasteiger partial charge is 0.344 e. The van der Waals surface area contributed by atoms with Crippen LogP contribution in [0, 0.1) is 20.2 Å². The summed E-state index contributed by atoms with van der Waals surface area (Å²) in [6, 6.07) is 2.86. The highest BCUT2D eigenvalue weighted by Gasteiger charge is 2.29. The first-order valence-electron chi connectivity index (χ1n) is 7.47. The number of nitro benzene ring substituents is 2. The zero-order valence-electron chi connectivity index (χ0n) is 14.3. The van der Waals surface area contributed by atoms with Crippen molar-refractivity contribution in [3.63, 3.8) is 0 Å². The van der Waals surface area contributed by atoms with E-state index >= 15 is 0 Å². The van der Waals surface area contributed by atoms with Gasteiger partial charge < -0.3 is 20.1 Å². The van der Waals surface area contributed by atoms with Gasteiger partial charge in [-0.2, -0.15) is 0 Å². The molecule has 14 heteroatoms. The summed E-state index contributed by atoms with van der Waals surface area (Å²) in [5.41, 5.74) is -5.37. The molecule has 0 saturated heterocycles. The van der Waals surface area contributed by atoms with Gasteiger partial charge in [0.15, 0.2) is 0 Å². The Morgan fingerprint density at radius 1 is 0.733 bits per heavy atom. The number of nitro groups is 2. The minimum absolute atomic E-state index is 0.426. The Kier molecular flexibility index (Phi) is 5.72. The van der Waals surface area contributed by atoms with Crippen LogP contribution >= 0.6 is 0 Å². The van der Waals surface area contributed by atoms with E-state index in [0.29, 0.717) is 18.2 Å². The fraction of sp³-hybridized carbons (Fsp3) is 0. The average Bonchev–Trinajstić information content (AvgIpc) is 2.66. The second-order valence-corrected chi connectivity index (χ2v) is 5.41. The number of carboxylic acids is 3. The molecule has 0 aromatic heterocycles. The summed E-state index contributed by atoms with van der Waals surface area (Å²) in [5, 5.41) is 49.3. The number of carboxylic acid groups (broad SMARTS) is 3. The number of non-ortho nitro benzene ring substituents is 1. The highest BCUT2D eigenvalue weighted by atomic mass is 16.6. The molecular formula is C16H8N2O12. The third-order valence-electron chi connectivity index (χ3n) is 3.62. The zero-order valence-corrected chi connectivity index (χ0v) is 14.3. The second-order valence-electron chi connectivity index (χ2n) is 5.41. The van der Waals surface area contributed by atoms with Crippen molar-refractivity contribution in [1.29, 1.82) is 0 Å². The van der Waals surface area contributed by atoms with Gasteiger partial charge in [-0.05, 0) is 18.2 Å². The summed E-state index contributed by atoms with van der Waals surface area (Å²) < 4.78 is 4.75. The van der Waals surface area contributed by atoms with Crippen LogP contribution in [-0.2, 0) is 0 Å². The Balaban J connectivity index is 2.61. The van der Waals surface area contributed by atoms with Crippen LogP contribution in [0.3, 0.4) is 0 Å². The van der Waals surface area contributed by atoms with Gasteiger partial charge in [0.05, 0.1) is 38.2 Å². The number of esters is 1.